The summed E-state index contributed by atoms with van der Waals surface area (Å²) in [6.45, 7) is 0. The lowest BCUT2D eigenvalue weighted by molar-refractivity contribution is 0.354. The van der Waals surface area contributed by atoms with Crippen LogP contribution in [0.2, 0.25) is 0 Å². The summed E-state index contributed by atoms with van der Waals surface area (Å²) in [5.74, 6) is 2.36. The molecule has 0 aliphatic carbocycles. The van der Waals surface area contributed by atoms with Crippen molar-refractivity contribution in [2.45, 2.75) is 11.2 Å². The van der Waals surface area contributed by atoms with Gasteiger partial charge in [0.1, 0.15) is 5.75 Å². The second-order valence-electron chi connectivity index (χ2n) is 4.64. The molecule has 3 nitrogen and oxygen atoms in total. The summed E-state index contributed by atoms with van der Waals surface area (Å²) < 4.78 is 15.9. The Labute approximate surface area is 134 Å². The maximum absolute atomic E-state index is 5.34. The van der Waals surface area contributed by atoms with E-state index >= 15 is 0 Å². The van der Waals surface area contributed by atoms with E-state index in [0.29, 0.717) is 0 Å². The molecule has 0 bridgehead atoms. The van der Waals surface area contributed by atoms with Crippen LogP contribution in [0.5, 0.6) is 17.2 Å². The number of benzene rings is 2. The van der Waals surface area contributed by atoms with E-state index in [0.717, 1.165) is 23.7 Å². The number of ether oxygens (including phenoxy) is 3. The van der Waals surface area contributed by atoms with Gasteiger partial charge in [0.2, 0.25) is 0 Å². The van der Waals surface area contributed by atoms with E-state index in [2.05, 4.69) is 28.1 Å². The van der Waals surface area contributed by atoms with Crippen LogP contribution in [-0.4, -0.2) is 21.3 Å². The molecule has 0 amide bonds. The van der Waals surface area contributed by atoms with Gasteiger partial charge >= 0.3 is 0 Å². The molecule has 1 atom stereocenters. The molecule has 0 aromatic heterocycles. The summed E-state index contributed by atoms with van der Waals surface area (Å²) in [6.07, 6.45) is 0.855. The molecule has 0 saturated carbocycles. The van der Waals surface area contributed by atoms with Gasteiger partial charge in [-0.15, -0.1) is 0 Å². The van der Waals surface area contributed by atoms with Crippen LogP contribution in [0.3, 0.4) is 0 Å². The molecular formula is C17H19BrO3. The van der Waals surface area contributed by atoms with E-state index in [-0.39, 0.29) is 4.83 Å². The van der Waals surface area contributed by atoms with Gasteiger partial charge < -0.3 is 14.2 Å². The first-order valence-electron chi connectivity index (χ1n) is 6.67. The Morgan fingerprint density at radius 3 is 2.33 bits per heavy atom. The van der Waals surface area contributed by atoms with Crippen molar-refractivity contribution in [3.63, 3.8) is 0 Å². The minimum Gasteiger partial charge on any atom is -0.497 e. The van der Waals surface area contributed by atoms with Crippen molar-refractivity contribution < 1.29 is 14.2 Å². The molecule has 0 radical (unpaired) electrons. The fourth-order valence-electron chi connectivity index (χ4n) is 2.17. The number of rotatable bonds is 6. The summed E-state index contributed by atoms with van der Waals surface area (Å²) >= 11 is 3.74. The first kappa shape index (κ1) is 15.7. The number of methoxy groups -OCH3 is 3. The first-order chi connectivity index (χ1) is 10.2. The van der Waals surface area contributed by atoms with Gasteiger partial charge in [0, 0.05) is 4.83 Å². The summed E-state index contributed by atoms with van der Waals surface area (Å²) in [7, 11) is 4.97. The van der Waals surface area contributed by atoms with Gasteiger partial charge in [0.05, 0.1) is 21.3 Å². The highest BCUT2D eigenvalue weighted by atomic mass is 79.9. The Balaban J connectivity index is 2.16. The third-order valence-electron chi connectivity index (χ3n) is 3.32. The average molecular weight is 351 g/mol. The van der Waals surface area contributed by atoms with Crippen LogP contribution in [0, 0.1) is 0 Å². The van der Waals surface area contributed by atoms with Crippen LogP contribution >= 0.6 is 15.9 Å². The molecule has 0 aliphatic heterocycles. The zero-order valence-corrected chi connectivity index (χ0v) is 14.0. The monoisotopic (exact) mass is 350 g/mol. The number of alkyl halides is 1. The Hall–Kier alpha value is -1.68. The van der Waals surface area contributed by atoms with E-state index in [1.807, 2.05) is 30.3 Å². The van der Waals surface area contributed by atoms with E-state index < -0.39 is 0 Å². The molecule has 1 unspecified atom stereocenters. The highest BCUT2D eigenvalue weighted by Gasteiger charge is 2.11. The smallest absolute Gasteiger partial charge is 0.160 e. The number of halogens is 1. The fourth-order valence-corrected chi connectivity index (χ4v) is 2.83. The van der Waals surface area contributed by atoms with Gasteiger partial charge in [0.15, 0.2) is 11.5 Å². The SMILES string of the molecule is COc1cccc(C(Br)Cc2ccc(OC)c(OC)c2)c1. The fraction of sp³-hybridized carbons (Fsp3) is 0.294. The second-order valence-corrected chi connectivity index (χ2v) is 5.74. The van der Waals surface area contributed by atoms with Gasteiger partial charge in [-0.3, -0.25) is 0 Å². The average Bonchev–Trinajstić information content (AvgIpc) is 2.54. The number of hydrogen-bond donors (Lipinski definition) is 0. The first-order valence-corrected chi connectivity index (χ1v) is 7.58. The van der Waals surface area contributed by atoms with Crippen LogP contribution in [0.1, 0.15) is 16.0 Å². The maximum atomic E-state index is 5.34. The van der Waals surface area contributed by atoms with Crippen molar-refractivity contribution in [3.8, 4) is 17.2 Å². The van der Waals surface area contributed by atoms with Crippen molar-refractivity contribution in [2.24, 2.45) is 0 Å². The predicted molar refractivity (Wildman–Crippen MR) is 87.9 cm³/mol. The Kier molecular flexibility index (Phi) is 5.51. The summed E-state index contributed by atoms with van der Waals surface area (Å²) in [5, 5.41) is 0. The zero-order valence-electron chi connectivity index (χ0n) is 12.4. The molecule has 0 heterocycles. The molecule has 4 heteroatoms. The molecule has 0 aliphatic rings. The van der Waals surface area contributed by atoms with E-state index in [4.69, 9.17) is 14.2 Å². The van der Waals surface area contributed by atoms with Gasteiger partial charge in [-0.2, -0.15) is 0 Å². The standard InChI is InChI=1S/C17H19BrO3/c1-19-14-6-4-5-13(11-14)15(18)9-12-7-8-16(20-2)17(10-12)21-3/h4-8,10-11,15H,9H2,1-3H3. The highest BCUT2D eigenvalue weighted by molar-refractivity contribution is 9.09. The van der Waals surface area contributed by atoms with Crippen LogP contribution in [0.15, 0.2) is 42.5 Å². The van der Waals surface area contributed by atoms with Crippen molar-refractivity contribution in [1.82, 2.24) is 0 Å². The maximum Gasteiger partial charge on any atom is 0.160 e. The van der Waals surface area contributed by atoms with Crippen LogP contribution in [0.25, 0.3) is 0 Å². The molecule has 112 valence electrons. The lowest BCUT2D eigenvalue weighted by atomic mass is 10.0. The van der Waals surface area contributed by atoms with Gasteiger partial charge in [-0.05, 0) is 41.8 Å². The molecule has 0 fully saturated rings. The van der Waals surface area contributed by atoms with Crippen molar-refractivity contribution in [2.75, 3.05) is 21.3 Å². The van der Waals surface area contributed by atoms with E-state index in [1.54, 1.807) is 21.3 Å². The summed E-state index contributed by atoms with van der Waals surface area (Å²) in [4.78, 5) is 0.214. The molecule has 21 heavy (non-hydrogen) atoms. The minimum absolute atomic E-state index is 0.214. The van der Waals surface area contributed by atoms with Gasteiger partial charge in [-0.1, -0.05) is 34.1 Å². The molecular weight excluding hydrogens is 332 g/mol. The van der Waals surface area contributed by atoms with E-state index in [1.165, 1.54) is 11.1 Å². The Bertz CT molecular complexity index is 598. The minimum atomic E-state index is 0.214. The normalized spacial score (nSPS) is 11.8. The Morgan fingerprint density at radius 2 is 1.67 bits per heavy atom. The molecule has 2 rings (SSSR count). The third-order valence-corrected chi connectivity index (χ3v) is 4.17. The highest BCUT2D eigenvalue weighted by Crippen LogP contribution is 2.33. The predicted octanol–water partition coefficient (Wildman–Crippen LogP) is 4.39. The molecule has 2 aromatic carbocycles. The summed E-state index contributed by atoms with van der Waals surface area (Å²) in [5.41, 5.74) is 2.36. The largest absolute Gasteiger partial charge is 0.497 e. The third kappa shape index (κ3) is 3.91. The van der Waals surface area contributed by atoms with Crippen LogP contribution < -0.4 is 14.2 Å². The topological polar surface area (TPSA) is 27.7 Å². The van der Waals surface area contributed by atoms with E-state index in [9.17, 15) is 0 Å². The van der Waals surface area contributed by atoms with Gasteiger partial charge in [0.25, 0.3) is 0 Å². The quantitative estimate of drug-likeness (QED) is 0.723. The number of hydrogen-bond acceptors (Lipinski definition) is 3. The lowest BCUT2D eigenvalue weighted by Gasteiger charge is -2.14. The van der Waals surface area contributed by atoms with Gasteiger partial charge in [-0.25, -0.2) is 0 Å². The molecule has 0 saturated heterocycles. The Morgan fingerprint density at radius 1 is 0.905 bits per heavy atom. The van der Waals surface area contributed by atoms with Crippen LogP contribution in [-0.2, 0) is 6.42 Å². The van der Waals surface area contributed by atoms with Crippen molar-refractivity contribution >= 4 is 15.9 Å². The van der Waals surface area contributed by atoms with Crippen LogP contribution in [0.4, 0.5) is 0 Å². The van der Waals surface area contributed by atoms with Crippen molar-refractivity contribution in [3.05, 3.63) is 53.6 Å². The van der Waals surface area contributed by atoms with Crippen molar-refractivity contribution in [1.29, 1.82) is 0 Å². The molecule has 2 aromatic rings. The zero-order chi connectivity index (χ0) is 15.2. The summed E-state index contributed by atoms with van der Waals surface area (Å²) in [6, 6.07) is 14.1. The molecule has 0 spiro atoms. The molecule has 0 N–H and O–H groups in total. The second kappa shape index (κ2) is 7.36. The lowest BCUT2D eigenvalue weighted by Crippen LogP contribution is -1.98.